The summed E-state index contributed by atoms with van der Waals surface area (Å²) in [6.07, 6.45) is 8.80. The van der Waals surface area contributed by atoms with Gasteiger partial charge in [-0.15, -0.1) is 0 Å². The van der Waals surface area contributed by atoms with Crippen LogP contribution in [0, 0.1) is 5.41 Å². The minimum atomic E-state index is 0.139. The van der Waals surface area contributed by atoms with Crippen molar-refractivity contribution in [1.29, 1.82) is 0 Å². The Morgan fingerprint density at radius 1 is 1.35 bits per heavy atom. The van der Waals surface area contributed by atoms with Gasteiger partial charge in [-0.25, -0.2) is 0 Å². The first-order valence-corrected chi connectivity index (χ1v) is 7.27. The average molecular weight is 236 g/mol. The lowest BCUT2D eigenvalue weighted by Gasteiger charge is -2.23. The van der Waals surface area contributed by atoms with Crippen LogP contribution >= 0.6 is 0 Å². The fraction of sp³-hybridized carbons (Fsp3) is 0.929. The smallest absolute Gasteiger partial charge is 0.239 e. The Bertz CT molecular complexity index is 307. The van der Waals surface area contributed by atoms with Crippen molar-refractivity contribution in [1.82, 2.24) is 10.2 Å². The quantitative estimate of drug-likeness (QED) is 0.764. The van der Waals surface area contributed by atoms with Crippen molar-refractivity contribution >= 4 is 5.91 Å². The summed E-state index contributed by atoms with van der Waals surface area (Å²) in [4.78, 5) is 14.4. The number of carbonyl (C=O) groups excluding carboxylic acids is 1. The number of carbonyl (C=O) groups is 1. The minimum absolute atomic E-state index is 0.139. The van der Waals surface area contributed by atoms with E-state index in [2.05, 4.69) is 17.1 Å². The molecule has 0 spiro atoms. The molecule has 3 aliphatic rings. The third-order valence-electron chi connectivity index (χ3n) is 4.58. The van der Waals surface area contributed by atoms with Crippen molar-refractivity contribution < 1.29 is 4.79 Å². The van der Waals surface area contributed by atoms with E-state index < -0.39 is 0 Å². The van der Waals surface area contributed by atoms with Gasteiger partial charge in [0.05, 0.1) is 6.04 Å². The lowest BCUT2D eigenvalue weighted by atomic mass is 10.0. The van der Waals surface area contributed by atoms with E-state index in [-0.39, 0.29) is 6.04 Å². The van der Waals surface area contributed by atoms with Crippen LogP contribution in [0.2, 0.25) is 0 Å². The standard InChI is InChI=1S/C14H24N2O/c1-2-6-14(7-8-14)10-16-9-5-12(13(16)17)15-11-3-4-11/h11-12,15H,2-10H2,1H3. The molecule has 3 nitrogen and oxygen atoms in total. The molecule has 0 aromatic heterocycles. The summed E-state index contributed by atoms with van der Waals surface area (Å²) in [6, 6.07) is 0.786. The van der Waals surface area contributed by atoms with Gasteiger partial charge in [0.15, 0.2) is 0 Å². The highest BCUT2D eigenvalue weighted by atomic mass is 16.2. The molecule has 1 amide bonds. The first kappa shape index (κ1) is 11.5. The van der Waals surface area contributed by atoms with Crippen LogP contribution in [-0.2, 0) is 4.79 Å². The molecule has 1 atom stereocenters. The Balaban J connectivity index is 1.52. The van der Waals surface area contributed by atoms with E-state index in [9.17, 15) is 4.79 Å². The lowest BCUT2D eigenvalue weighted by Crippen LogP contribution is -2.41. The topological polar surface area (TPSA) is 32.3 Å². The molecule has 0 aromatic carbocycles. The maximum absolute atomic E-state index is 12.2. The highest BCUT2D eigenvalue weighted by Crippen LogP contribution is 2.50. The predicted molar refractivity (Wildman–Crippen MR) is 67.7 cm³/mol. The molecule has 0 aromatic rings. The van der Waals surface area contributed by atoms with Gasteiger partial charge >= 0.3 is 0 Å². The molecule has 0 bridgehead atoms. The maximum atomic E-state index is 12.2. The molecule has 1 N–H and O–H groups in total. The minimum Gasteiger partial charge on any atom is -0.341 e. The van der Waals surface area contributed by atoms with Crippen molar-refractivity contribution in [2.24, 2.45) is 5.41 Å². The van der Waals surface area contributed by atoms with Crippen LogP contribution in [-0.4, -0.2) is 36.0 Å². The normalized spacial score (nSPS) is 31.0. The van der Waals surface area contributed by atoms with Crippen molar-refractivity contribution in [3.8, 4) is 0 Å². The van der Waals surface area contributed by atoms with E-state index in [1.165, 1.54) is 38.5 Å². The van der Waals surface area contributed by atoms with Crippen molar-refractivity contribution in [2.75, 3.05) is 13.1 Å². The molecule has 2 aliphatic carbocycles. The second kappa shape index (κ2) is 4.27. The van der Waals surface area contributed by atoms with Gasteiger partial charge in [0.25, 0.3) is 0 Å². The van der Waals surface area contributed by atoms with Gasteiger partial charge in [-0.2, -0.15) is 0 Å². The van der Waals surface area contributed by atoms with Gasteiger partial charge < -0.3 is 10.2 Å². The largest absolute Gasteiger partial charge is 0.341 e. The van der Waals surface area contributed by atoms with E-state index >= 15 is 0 Å². The third kappa shape index (κ3) is 2.49. The molecule has 17 heavy (non-hydrogen) atoms. The molecular formula is C14H24N2O. The van der Waals surface area contributed by atoms with Gasteiger partial charge in [-0.1, -0.05) is 13.3 Å². The van der Waals surface area contributed by atoms with Gasteiger partial charge in [0.2, 0.25) is 5.91 Å². The number of likely N-dealkylation sites (tertiary alicyclic amines) is 1. The number of amides is 1. The molecule has 1 aliphatic heterocycles. The second-order valence-corrected chi connectivity index (χ2v) is 6.29. The summed E-state index contributed by atoms with van der Waals surface area (Å²) in [7, 11) is 0. The van der Waals surface area contributed by atoms with Gasteiger partial charge in [-0.05, 0) is 43.9 Å². The summed E-state index contributed by atoms with van der Waals surface area (Å²) >= 11 is 0. The highest BCUT2D eigenvalue weighted by Gasteiger charge is 2.46. The maximum Gasteiger partial charge on any atom is 0.239 e. The number of nitrogens with zero attached hydrogens (tertiary/aromatic N) is 1. The summed E-state index contributed by atoms with van der Waals surface area (Å²) in [5.74, 6) is 0.374. The number of hydrogen-bond donors (Lipinski definition) is 1. The Hall–Kier alpha value is -0.570. The average Bonchev–Trinajstić information content (AvgIpc) is 3.18. The molecule has 3 fully saturated rings. The van der Waals surface area contributed by atoms with Crippen LogP contribution < -0.4 is 5.32 Å². The zero-order chi connectivity index (χ0) is 11.9. The molecular weight excluding hydrogens is 212 g/mol. The van der Waals surface area contributed by atoms with Crippen LogP contribution in [0.4, 0.5) is 0 Å². The fourth-order valence-corrected chi connectivity index (χ4v) is 3.18. The lowest BCUT2D eigenvalue weighted by molar-refractivity contribution is -0.130. The van der Waals surface area contributed by atoms with Crippen molar-refractivity contribution in [3.05, 3.63) is 0 Å². The SMILES string of the molecule is CCCC1(CN2CCC(NC3CC3)C2=O)CC1. The summed E-state index contributed by atoms with van der Waals surface area (Å²) < 4.78 is 0. The monoisotopic (exact) mass is 236 g/mol. The van der Waals surface area contributed by atoms with Crippen LogP contribution in [0.1, 0.15) is 51.9 Å². The Morgan fingerprint density at radius 3 is 2.71 bits per heavy atom. The Morgan fingerprint density at radius 2 is 2.12 bits per heavy atom. The number of nitrogens with one attached hydrogen (secondary N) is 1. The zero-order valence-corrected chi connectivity index (χ0v) is 10.9. The zero-order valence-electron chi connectivity index (χ0n) is 10.9. The van der Waals surface area contributed by atoms with Gasteiger partial charge in [-0.3, -0.25) is 4.79 Å². The number of hydrogen-bond acceptors (Lipinski definition) is 2. The first-order valence-electron chi connectivity index (χ1n) is 7.27. The molecule has 1 saturated heterocycles. The van der Waals surface area contributed by atoms with E-state index in [1.54, 1.807) is 0 Å². The second-order valence-electron chi connectivity index (χ2n) is 6.29. The molecule has 1 unspecified atom stereocenters. The molecule has 0 radical (unpaired) electrons. The highest BCUT2D eigenvalue weighted by molar-refractivity contribution is 5.84. The third-order valence-corrected chi connectivity index (χ3v) is 4.58. The van der Waals surface area contributed by atoms with Crippen molar-refractivity contribution in [2.45, 2.75) is 64.0 Å². The summed E-state index contributed by atoms with van der Waals surface area (Å²) in [6.45, 7) is 4.26. The summed E-state index contributed by atoms with van der Waals surface area (Å²) in [5, 5.41) is 3.48. The Labute approximate surface area is 104 Å². The molecule has 3 rings (SSSR count). The number of rotatable bonds is 6. The van der Waals surface area contributed by atoms with Crippen LogP contribution in [0.25, 0.3) is 0 Å². The van der Waals surface area contributed by atoms with Gasteiger partial charge in [0, 0.05) is 19.1 Å². The molecule has 2 saturated carbocycles. The van der Waals surface area contributed by atoms with E-state index in [0.717, 1.165) is 19.5 Å². The molecule has 96 valence electrons. The van der Waals surface area contributed by atoms with Crippen LogP contribution in [0.15, 0.2) is 0 Å². The van der Waals surface area contributed by atoms with Crippen LogP contribution in [0.5, 0.6) is 0 Å². The predicted octanol–water partition coefficient (Wildman–Crippen LogP) is 1.92. The fourth-order valence-electron chi connectivity index (χ4n) is 3.18. The van der Waals surface area contributed by atoms with E-state index in [1.807, 2.05) is 0 Å². The molecule has 3 heteroatoms. The van der Waals surface area contributed by atoms with Gasteiger partial charge in [0.1, 0.15) is 0 Å². The molecule has 1 heterocycles. The first-order chi connectivity index (χ1) is 8.22. The van der Waals surface area contributed by atoms with E-state index in [4.69, 9.17) is 0 Å². The Kier molecular flexibility index (Phi) is 2.89. The van der Waals surface area contributed by atoms with Crippen molar-refractivity contribution in [3.63, 3.8) is 0 Å². The van der Waals surface area contributed by atoms with E-state index in [0.29, 0.717) is 17.4 Å². The van der Waals surface area contributed by atoms with Crippen LogP contribution in [0.3, 0.4) is 0 Å². The summed E-state index contributed by atoms with van der Waals surface area (Å²) in [5.41, 5.74) is 0.513.